The van der Waals surface area contributed by atoms with Gasteiger partial charge in [-0.25, -0.2) is 9.59 Å². The van der Waals surface area contributed by atoms with Crippen molar-refractivity contribution in [1.82, 2.24) is 9.80 Å². The maximum absolute atomic E-state index is 11.9. The van der Waals surface area contributed by atoms with Gasteiger partial charge >= 0.3 is 12.2 Å². The van der Waals surface area contributed by atoms with E-state index in [2.05, 4.69) is 0 Å². The summed E-state index contributed by atoms with van der Waals surface area (Å²) in [5, 5.41) is 0. The van der Waals surface area contributed by atoms with E-state index in [-0.39, 0.29) is 61.2 Å². The van der Waals surface area contributed by atoms with Crippen LogP contribution >= 0.6 is 24.8 Å². The predicted molar refractivity (Wildman–Crippen MR) is 129 cm³/mol. The van der Waals surface area contributed by atoms with Crippen LogP contribution in [0.2, 0.25) is 0 Å². The van der Waals surface area contributed by atoms with Crippen LogP contribution in [0.25, 0.3) is 0 Å². The molecule has 4 N–H and O–H groups in total. The van der Waals surface area contributed by atoms with E-state index >= 15 is 0 Å². The van der Waals surface area contributed by atoms with Crippen LogP contribution < -0.4 is 11.5 Å². The molecule has 4 heterocycles. The van der Waals surface area contributed by atoms with Crippen LogP contribution in [0.4, 0.5) is 9.59 Å². The van der Waals surface area contributed by atoms with E-state index in [1.165, 1.54) is 0 Å². The third kappa shape index (κ3) is 6.55. The van der Waals surface area contributed by atoms with Crippen molar-refractivity contribution >= 4 is 37.0 Å². The summed E-state index contributed by atoms with van der Waals surface area (Å²) in [4.78, 5) is 27.5. The number of fused-ring (bicyclic) bond motifs is 4. The Balaban J connectivity index is 0.000000301. The van der Waals surface area contributed by atoms with Gasteiger partial charge in [-0.2, -0.15) is 0 Å². The van der Waals surface area contributed by atoms with Crippen molar-refractivity contribution in [2.24, 2.45) is 11.5 Å². The number of rotatable bonds is 0. The average Bonchev–Trinajstić information content (AvgIpc) is 3.28. The lowest BCUT2D eigenvalue weighted by molar-refractivity contribution is 0.0202. The Morgan fingerprint density at radius 2 is 1.00 bits per heavy atom. The summed E-state index contributed by atoms with van der Waals surface area (Å²) < 4.78 is 10.8. The van der Waals surface area contributed by atoms with Gasteiger partial charge in [0.15, 0.2) is 0 Å². The molecule has 0 aromatic rings. The van der Waals surface area contributed by atoms with Crippen molar-refractivity contribution in [2.75, 3.05) is 0 Å². The summed E-state index contributed by atoms with van der Waals surface area (Å²) in [5.74, 6) is 0. The van der Waals surface area contributed by atoms with Crippen molar-refractivity contribution in [3.63, 3.8) is 0 Å². The van der Waals surface area contributed by atoms with E-state index in [0.717, 1.165) is 38.5 Å². The van der Waals surface area contributed by atoms with Gasteiger partial charge in [-0.05, 0) is 80.1 Å². The van der Waals surface area contributed by atoms with E-state index in [4.69, 9.17) is 20.9 Å². The quantitative estimate of drug-likeness (QED) is 0.527. The molecule has 0 spiro atoms. The molecule has 8 nitrogen and oxygen atoms in total. The van der Waals surface area contributed by atoms with E-state index in [9.17, 15) is 9.59 Å². The first-order valence-corrected chi connectivity index (χ1v) is 11.3. The molecule has 2 amide bonds. The fourth-order valence-electron chi connectivity index (χ4n) is 5.27. The summed E-state index contributed by atoms with van der Waals surface area (Å²) in [6.07, 6.45) is 5.71. The largest absolute Gasteiger partial charge is 0.444 e. The molecule has 4 rings (SSSR count). The van der Waals surface area contributed by atoms with Crippen LogP contribution in [-0.4, -0.2) is 69.4 Å². The molecule has 4 aliphatic heterocycles. The van der Waals surface area contributed by atoms with Gasteiger partial charge in [-0.3, -0.25) is 0 Å². The average molecular weight is 498 g/mol. The second-order valence-electron chi connectivity index (χ2n) is 11.2. The van der Waals surface area contributed by atoms with Crippen LogP contribution in [-0.2, 0) is 9.47 Å². The van der Waals surface area contributed by atoms with Gasteiger partial charge in [0.2, 0.25) is 0 Å². The summed E-state index contributed by atoms with van der Waals surface area (Å²) in [7, 11) is 0. The Morgan fingerprint density at radius 1 is 0.688 bits per heavy atom. The monoisotopic (exact) mass is 496 g/mol. The molecule has 188 valence electrons. The second kappa shape index (κ2) is 10.5. The van der Waals surface area contributed by atoms with E-state index < -0.39 is 11.2 Å². The number of halogens is 2. The smallest absolute Gasteiger partial charge is 0.410 e. The van der Waals surface area contributed by atoms with Gasteiger partial charge in [-0.15, -0.1) is 24.8 Å². The van der Waals surface area contributed by atoms with Crippen molar-refractivity contribution < 1.29 is 19.1 Å². The minimum absolute atomic E-state index is 0. The summed E-state index contributed by atoms with van der Waals surface area (Å²) in [6, 6.07) is 1.36. The standard InChI is InChI=1S/2C11H20N2O2.2ClH/c2*1-11(2,3)15-10(14)13-7-4-5-9(13)8(12)6-7;;/h2*7-9H,4-6,12H2,1-3H3;2*1H/t2*7-,8-,9+;;/m10../s1. The van der Waals surface area contributed by atoms with Gasteiger partial charge < -0.3 is 30.7 Å². The van der Waals surface area contributed by atoms with Gasteiger partial charge in [0.05, 0.1) is 12.1 Å². The Labute approximate surface area is 204 Å². The van der Waals surface area contributed by atoms with E-state index in [1.54, 1.807) is 0 Å². The molecule has 32 heavy (non-hydrogen) atoms. The summed E-state index contributed by atoms with van der Waals surface area (Å²) in [5.41, 5.74) is 11.1. The second-order valence-corrected chi connectivity index (χ2v) is 11.2. The highest BCUT2D eigenvalue weighted by atomic mass is 35.5. The van der Waals surface area contributed by atoms with E-state index in [1.807, 2.05) is 51.3 Å². The fourth-order valence-corrected chi connectivity index (χ4v) is 5.27. The van der Waals surface area contributed by atoms with E-state index in [0.29, 0.717) is 12.1 Å². The van der Waals surface area contributed by atoms with Crippen molar-refractivity contribution in [3.8, 4) is 0 Å². The molecule has 0 unspecified atom stereocenters. The van der Waals surface area contributed by atoms with Gasteiger partial charge in [0.1, 0.15) is 11.2 Å². The number of hydrogen-bond acceptors (Lipinski definition) is 6. The third-order valence-corrected chi connectivity index (χ3v) is 6.38. The number of carbonyl (C=O) groups is 2. The molecule has 0 aromatic carbocycles. The molecule has 4 saturated heterocycles. The number of ether oxygens (including phenoxy) is 2. The summed E-state index contributed by atoms with van der Waals surface area (Å²) >= 11 is 0. The SMILES string of the molecule is CC(C)(C)OC(=O)N1[C@@H]2CC[C@H]1[C@H](N)C2.CC(C)(C)OC(=O)N1[C@H]2CC[C@@H]1[C@@H](N)C2.Cl.Cl. The minimum Gasteiger partial charge on any atom is -0.444 e. The molecule has 4 aliphatic rings. The Bertz CT molecular complexity index is 611. The first-order chi connectivity index (χ1) is 13.8. The summed E-state index contributed by atoms with van der Waals surface area (Å²) in [6.45, 7) is 11.4. The lowest BCUT2D eigenvalue weighted by Gasteiger charge is -2.27. The molecule has 0 saturated carbocycles. The Hall–Kier alpha value is -0.960. The zero-order chi connectivity index (χ0) is 22.4. The molecular formula is C22H42Cl2N4O4. The minimum atomic E-state index is -0.413. The van der Waals surface area contributed by atoms with Crippen LogP contribution in [0.1, 0.15) is 80.1 Å². The highest BCUT2D eigenvalue weighted by Gasteiger charge is 2.49. The predicted octanol–water partition coefficient (Wildman–Crippen LogP) is 3.81. The lowest BCUT2D eigenvalue weighted by Crippen LogP contribution is -2.43. The number of hydrogen-bond donors (Lipinski definition) is 2. The maximum atomic E-state index is 11.9. The molecule has 0 aliphatic carbocycles. The Morgan fingerprint density at radius 3 is 1.19 bits per heavy atom. The van der Waals surface area contributed by atoms with Crippen LogP contribution in [0, 0.1) is 0 Å². The third-order valence-electron chi connectivity index (χ3n) is 6.38. The van der Waals surface area contributed by atoms with Crippen LogP contribution in [0.5, 0.6) is 0 Å². The van der Waals surface area contributed by atoms with Crippen molar-refractivity contribution in [2.45, 2.75) is 128 Å². The maximum Gasteiger partial charge on any atom is 0.410 e. The fraction of sp³-hybridized carbons (Fsp3) is 0.909. The van der Waals surface area contributed by atoms with Gasteiger partial charge in [0, 0.05) is 24.2 Å². The molecule has 4 bridgehead atoms. The van der Waals surface area contributed by atoms with Gasteiger partial charge in [0.25, 0.3) is 0 Å². The van der Waals surface area contributed by atoms with Crippen molar-refractivity contribution in [1.29, 1.82) is 0 Å². The Kier molecular flexibility index (Phi) is 9.57. The number of nitrogens with zero attached hydrogens (tertiary/aromatic N) is 2. The molecular weight excluding hydrogens is 455 g/mol. The van der Waals surface area contributed by atoms with Gasteiger partial charge in [-0.1, -0.05) is 0 Å². The highest BCUT2D eigenvalue weighted by Crippen LogP contribution is 2.38. The number of amides is 2. The molecule has 4 fully saturated rings. The normalized spacial score (nSPS) is 32.5. The molecule has 6 atom stereocenters. The lowest BCUT2D eigenvalue weighted by atomic mass is 9.97. The van der Waals surface area contributed by atoms with Crippen LogP contribution in [0.15, 0.2) is 0 Å². The highest BCUT2D eigenvalue weighted by molar-refractivity contribution is 5.85. The number of carbonyl (C=O) groups excluding carboxylic acids is 2. The molecule has 0 aromatic heterocycles. The topological polar surface area (TPSA) is 111 Å². The van der Waals surface area contributed by atoms with Crippen molar-refractivity contribution in [3.05, 3.63) is 0 Å². The number of nitrogens with two attached hydrogens (primary N) is 2. The zero-order valence-electron chi connectivity index (χ0n) is 20.2. The molecule has 0 radical (unpaired) electrons. The zero-order valence-corrected chi connectivity index (χ0v) is 21.8. The van der Waals surface area contributed by atoms with Crippen LogP contribution in [0.3, 0.4) is 0 Å². The first-order valence-electron chi connectivity index (χ1n) is 11.3. The first kappa shape index (κ1) is 29.1. The molecule has 10 heteroatoms.